The van der Waals surface area contributed by atoms with E-state index in [-0.39, 0.29) is 31.1 Å². The average molecular weight is 877 g/mol. The number of esters is 3. The summed E-state index contributed by atoms with van der Waals surface area (Å²) >= 11 is 0. The molecular formula is C56H108O6. The van der Waals surface area contributed by atoms with Crippen LogP contribution in [0.2, 0.25) is 0 Å². The highest BCUT2D eigenvalue weighted by Gasteiger charge is 2.19. The second-order valence-electron chi connectivity index (χ2n) is 19.7. The number of ether oxygens (including phenoxy) is 3. The third-order valence-electron chi connectivity index (χ3n) is 12.8. The first-order valence-corrected chi connectivity index (χ1v) is 27.9. The summed E-state index contributed by atoms with van der Waals surface area (Å²) in [7, 11) is 0. The third kappa shape index (κ3) is 49.4. The van der Waals surface area contributed by atoms with Crippen molar-refractivity contribution >= 4 is 17.9 Å². The first-order valence-electron chi connectivity index (χ1n) is 27.9. The number of hydrogen-bond acceptors (Lipinski definition) is 6. The Bertz CT molecular complexity index is 933. The zero-order valence-electron chi connectivity index (χ0n) is 42.3. The van der Waals surface area contributed by atoms with Crippen molar-refractivity contribution < 1.29 is 28.6 Å². The van der Waals surface area contributed by atoms with Gasteiger partial charge < -0.3 is 14.2 Å². The van der Waals surface area contributed by atoms with E-state index in [0.717, 1.165) is 63.7 Å². The highest BCUT2D eigenvalue weighted by atomic mass is 16.6. The predicted molar refractivity (Wildman–Crippen MR) is 266 cm³/mol. The summed E-state index contributed by atoms with van der Waals surface area (Å²) in [6.07, 6.45) is 54.0. The molecule has 0 aliphatic carbocycles. The summed E-state index contributed by atoms with van der Waals surface area (Å²) in [5.74, 6) is 0.0131. The van der Waals surface area contributed by atoms with Gasteiger partial charge in [0, 0.05) is 19.3 Å². The molecule has 0 fully saturated rings. The van der Waals surface area contributed by atoms with Gasteiger partial charge in [-0.2, -0.15) is 0 Å². The van der Waals surface area contributed by atoms with Gasteiger partial charge in [0.2, 0.25) is 0 Å². The van der Waals surface area contributed by atoms with Gasteiger partial charge in [0.25, 0.3) is 0 Å². The molecule has 62 heavy (non-hydrogen) atoms. The van der Waals surface area contributed by atoms with Crippen LogP contribution in [0.3, 0.4) is 0 Å². The Morgan fingerprint density at radius 1 is 0.306 bits per heavy atom. The number of hydrogen-bond donors (Lipinski definition) is 0. The van der Waals surface area contributed by atoms with Crippen LogP contribution in [0.15, 0.2) is 0 Å². The summed E-state index contributed by atoms with van der Waals surface area (Å²) in [6, 6.07) is 0. The Kier molecular flexibility index (Phi) is 49.1. The van der Waals surface area contributed by atoms with Crippen LogP contribution < -0.4 is 0 Å². The number of unbranched alkanes of at least 4 members (excludes halogenated alkanes) is 38. The lowest BCUT2D eigenvalue weighted by Gasteiger charge is -2.18. The van der Waals surface area contributed by atoms with E-state index in [9.17, 15) is 14.4 Å². The Labute approximate surface area is 387 Å². The minimum Gasteiger partial charge on any atom is -0.462 e. The fourth-order valence-corrected chi connectivity index (χ4v) is 8.57. The predicted octanol–water partition coefficient (Wildman–Crippen LogP) is 18.2. The van der Waals surface area contributed by atoms with Crippen LogP contribution >= 0.6 is 0 Å². The van der Waals surface area contributed by atoms with Gasteiger partial charge in [-0.05, 0) is 25.2 Å². The fraction of sp³-hybridized carbons (Fsp3) is 0.946. The van der Waals surface area contributed by atoms with Crippen molar-refractivity contribution in [1.82, 2.24) is 0 Å². The molecule has 1 atom stereocenters. The lowest BCUT2D eigenvalue weighted by atomic mass is 10.0. The quantitative estimate of drug-likeness (QED) is 0.0344. The first-order chi connectivity index (χ1) is 30.4. The van der Waals surface area contributed by atoms with E-state index in [1.165, 1.54) is 212 Å². The number of carbonyl (C=O) groups is 3. The SMILES string of the molecule is CCCCCCCCCCCCCCCCCCC(=O)O[C@H](COC(=O)CCCCCCCCC)COC(=O)CCCCCCCCCCCCCCCCCCCCC(C)C. The Morgan fingerprint density at radius 3 is 0.790 bits per heavy atom. The summed E-state index contributed by atoms with van der Waals surface area (Å²) in [4.78, 5) is 37.9. The molecule has 6 heteroatoms. The maximum absolute atomic E-state index is 12.8. The molecule has 0 heterocycles. The highest BCUT2D eigenvalue weighted by Crippen LogP contribution is 2.18. The van der Waals surface area contributed by atoms with Gasteiger partial charge in [0.05, 0.1) is 0 Å². The van der Waals surface area contributed by atoms with E-state index < -0.39 is 6.10 Å². The number of rotatable bonds is 51. The molecular weight excluding hydrogens is 769 g/mol. The second kappa shape index (κ2) is 50.4. The van der Waals surface area contributed by atoms with E-state index in [4.69, 9.17) is 14.2 Å². The van der Waals surface area contributed by atoms with Crippen LogP contribution in [0, 0.1) is 5.92 Å². The minimum atomic E-state index is -0.760. The average Bonchev–Trinajstić information content (AvgIpc) is 3.26. The molecule has 0 unspecified atom stereocenters. The highest BCUT2D eigenvalue weighted by molar-refractivity contribution is 5.71. The largest absolute Gasteiger partial charge is 0.462 e. The van der Waals surface area contributed by atoms with Gasteiger partial charge in [-0.3, -0.25) is 14.4 Å². The van der Waals surface area contributed by atoms with Gasteiger partial charge in [0.15, 0.2) is 6.10 Å². The van der Waals surface area contributed by atoms with Gasteiger partial charge in [-0.25, -0.2) is 0 Å². The van der Waals surface area contributed by atoms with Crippen molar-refractivity contribution in [2.45, 2.75) is 323 Å². The summed E-state index contributed by atoms with van der Waals surface area (Å²) in [6.45, 7) is 9.03. The van der Waals surface area contributed by atoms with Crippen molar-refractivity contribution in [1.29, 1.82) is 0 Å². The van der Waals surface area contributed by atoms with Crippen LogP contribution in [-0.2, 0) is 28.6 Å². The molecule has 0 aromatic rings. The summed E-state index contributed by atoms with van der Waals surface area (Å²) in [5.41, 5.74) is 0. The zero-order chi connectivity index (χ0) is 45.2. The van der Waals surface area contributed by atoms with Crippen LogP contribution in [0.1, 0.15) is 317 Å². The topological polar surface area (TPSA) is 78.9 Å². The molecule has 0 radical (unpaired) electrons. The lowest BCUT2D eigenvalue weighted by Crippen LogP contribution is -2.30. The monoisotopic (exact) mass is 877 g/mol. The normalized spacial score (nSPS) is 12.0. The maximum Gasteiger partial charge on any atom is 0.306 e. The van der Waals surface area contributed by atoms with Crippen LogP contribution in [0.5, 0.6) is 0 Å². The molecule has 0 bridgehead atoms. The maximum atomic E-state index is 12.8. The molecule has 0 rings (SSSR count). The Hall–Kier alpha value is -1.59. The standard InChI is InChI=1S/C56H108O6/c1-5-7-9-11-13-14-15-16-17-23-27-30-33-37-41-45-49-56(59)62-53(50-60-54(57)47-43-39-34-12-10-8-6-2)51-61-55(58)48-44-40-36-32-29-26-24-21-19-18-20-22-25-28-31-35-38-42-46-52(3)4/h52-53H,5-51H2,1-4H3/t53-/m1/s1. The van der Waals surface area contributed by atoms with E-state index in [1.807, 2.05) is 0 Å². The smallest absolute Gasteiger partial charge is 0.306 e. The molecule has 0 saturated heterocycles. The summed E-state index contributed by atoms with van der Waals surface area (Å²) < 4.78 is 16.8. The molecule has 6 nitrogen and oxygen atoms in total. The molecule has 368 valence electrons. The molecule has 0 aliphatic rings. The Morgan fingerprint density at radius 2 is 0.532 bits per heavy atom. The van der Waals surface area contributed by atoms with Crippen molar-refractivity contribution in [3.05, 3.63) is 0 Å². The molecule has 0 spiro atoms. The first kappa shape index (κ1) is 60.4. The summed E-state index contributed by atoms with van der Waals surface area (Å²) in [5, 5.41) is 0. The van der Waals surface area contributed by atoms with E-state index in [0.29, 0.717) is 19.3 Å². The molecule has 0 aromatic carbocycles. The lowest BCUT2D eigenvalue weighted by molar-refractivity contribution is -0.167. The van der Waals surface area contributed by atoms with Crippen molar-refractivity contribution in [3.8, 4) is 0 Å². The second-order valence-corrected chi connectivity index (χ2v) is 19.7. The van der Waals surface area contributed by atoms with E-state index >= 15 is 0 Å². The van der Waals surface area contributed by atoms with Crippen molar-refractivity contribution in [3.63, 3.8) is 0 Å². The van der Waals surface area contributed by atoms with Gasteiger partial charge in [0.1, 0.15) is 13.2 Å². The van der Waals surface area contributed by atoms with Gasteiger partial charge in [-0.15, -0.1) is 0 Å². The fourth-order valence-electron chi connectivity index (χ4n) is 8.57. The molecule has 0 aromatic heterocycles. The van der Waals surface area contributed by atoms with E-state index in [1.54, 1.807) is 0 Å². The van der Waals surface area contributed by atoms with E-state index in [2.05, 4.69) is 27.7 Å². The molecule has 0 N–H and O–H groups in total. The zero-order valence-corrected chi connectivity index (χ0v) is 42.3. The molecule has 0 amide bonds. The van der Waals surface area contributed by atoms with Crippen LogP contribution in [0.4, 0.5) is 0 Å². The minimum absolute atomic E-state index is 0.0626. The van der Waals surface area contributed by atoms with Crippen molar-refractivity contribution in [2.75, 3.05) is 13.2 Å². The third-order valence-corrected chi connectivity index (χ3v) is 12.8. The van der Waals surface area contributed by atoms with Crippen LogP contribution in [0.25, 0.3) is 0 Å². The number of carbonyl (C=O) groups excluding carboxylic acids is 3. The van der Waals surface area contributed by atoms with Gasteiger partial charge >= 0.3 is 17.9 Å². The molecule has 0 saturated carbocycles. The van der Waals surface area contributed by atoms with Crippen molar-refractivity contribution in [2.24, 2.45) is 5.92 Å². The Balaban J connectivity index is 4.12. The van der Waals surface area contributed by atoms with Gasteiger partial charge in [-0.1, -0.05) is 278 Å². The van der Waals surface area contributed by atoms with Crippen LogP contribution in [-0.4, -0.2) is 37.2 Å². The molecule has 0 aliphatic heterocycles.